The summed E-state index contributed by atoms with van der Waals surface area (Å²) >= 11 is 0. The van der Waals surface area contributed by atoms with E-state index in [0.717, 1.165) is 30.4 Å². The molecule has 2 N–H and O–H groups in total. The Bertz CT molecular complexity index is 589. The van der Waals surface area contributed by atoms with Gasteiger partial charge in [-0.15, -0.1) is 0 Å². The summed E-state index contributed by atoms with van der Waals surface area (Å²) < 4.78 is 33.2. The van der Waals surface area contributed by atoms with Crippen LogP contribution in [0, 0.1) is 6.92 Å². The Morgan fingerprint density at radius 3 is 2.57 bits per heavy atom. The lowest BCUT2D eigenvalue weighted by Gasteiger charge is -2.40. The van der Waals surface area contributed by atoms with E-state index in [1.807, 2.05) is 26.1 Å². The van der Waals surface area contributed by atoms with Crippen molar-refractivity contribution in [2.45, 2.75) is 43.2 Å². The zero-order valence-electron chi connectivity index (χ0n) is 12.9. The molecule has 0 saturated heterocycles. The predicted octanol–water partition coefficient (Wildman–Crippen LogP) is 1.56. The van der Waals surface area contributed by atoms with E-state index in [9.17, 15) is 8.42 Å². The van der Waals surface area contributed by atoms with Crippen LogP contribution in [0.4, 0.5) is 0 Å². The third-order valence-corrected chi connectivity index (χ3v) is 5.75. The van der Waals surface area contributed by atoms with Crippen LogP contribution >= 0.6 is 0 Å². The van der Waals surface area contributed by atoms with Gasteiger partial charge in [0.05, 0.1) is 10.5 Å². The maximum atomic E-state index is 12.5. The Kier molecular flexibility index (Phi) is 5.03. The fourth-order valence-electron chi connectivity index (χ4n) is 2.58. The summed E-state index contributed by atoms with van der Waals surface area (Å²) in [6.45, 7) is 2.79. The zero-order chi connectivity index (χ0) is 15.5. The maximum absolute atomic E-state index is 12.5. The summed E-state index contributed by atoms with van der Waals surface area (Å²) in [7, 11) is -0.0254. The van der Waals surface area contributed by atoms with Gasteiger partial charge >= 0.3 is 0 Å². The molecule has 1 aliphatic rings. The van der Waals surface area contributed by atoms with E-state index in [1.54, 1.807) is 13.2 Å². The first-order valence-corrected chi connectivity index (χ1v) is 8.70. The van der Waals surface area contributed by atoms with Crippen LogP contribution in [0.25, 0.3) is 0 Å². The molecule has 0 atom stereocenters. The molecular formula is C15H24N2O3S. The Labute approximate surface area is 127 Å². The van der Waals surface area contributed by atoms with Gasteiger partial charge in [-0.05, 0) is 50.4 Å². The van der Waals surface area contributed by atoms with Crippen molar-refractivity contribution in [3.8, 4) is 0 Å². The largest absolute Gasteiger partial charge is 0.377 e. The van der Waals surface area contributed by atoms with Gasteiger partial charge in [0.25, 0.3) is 0 Å². The number of benzene rings is 1. The van der Waals surface area contributed by atoms with Gasteiger partial charge in [0.1, 0.15) is 0 Å². The van der Waals surface area contributed by atoms with Gasteiger partial charge in [-0.3, -0.25) is 0 Å². The minimum absolute atomic E-state index is 0.316. The number of nitrogens with one attached hydrogen (secondary N) is 2. The van der Waals surface area contributed by atoms with E-state index in [1.165, 1.54) is 0 Å². The third kappa shape index (κ3) is 3.63. The lowest BCUT2D eigenvalue weighted by molar-refractivity contribution is -0.0659. The molecule has 0 bridgehead atoms. The molecule has 1 saturated carbocycles. The average molecular weight is 312 g/mol. The van der Waals surface area contributed by atoms with Crippen LogP contribution < -0.4 is 10.0 Å². The lowest BCUT2D eigenvalue weighted by Crippen LogP contribution is -2.49. The van der Waals surface area contributed by atoms with Gasteiger partial charge < -0.3 is 10.1 Å². The van der Waals surface area contributed by atoms with Gasteiger partial charge in [0, 0.05) is 20.2 Å². The normalized spacial score (nSPS) is 17.5. The summed E-state index contributed by atoms with van der Waals surface area (Å²) in [6, 6.07) is 5.51. The zero-order valence-corrected chi connectivity index (χ0v) is 13.7. The smallest absolute Gasteiger partial charge is 0.240 e. The van der Waals surface area contributed by atoms with Crippen LogP contribution in [0.3, 0.4) is 0 Å². The minimum atomic E-state index is -3.51. The predicted molar refractivity (Wildman–Crippen MR) is 82.7 cm³/mol. The molecule has 21 heavy (non-hydrogen) atoms. The van der Waals surface area contributed by atoms with Crippen LogP contribution in [-0.4, -0.2) is 34.7 Å². The molecule has 0 heterocycles. The van der Waals surface area contributed by atoms with Crippen LogP contribution in [0.15, 0.2) is 23.1 Å². The molecule has 6 heteroatoms. The fraction of sp³-hybridized carbons (Fsp3) is 0.600. The average Bonchev–Trinajstić information content (AvgIpc) is 2.40. The van der Waals surface area contributed by atoms with E-state index in [4.69, 9.17) is 4.74 Å². The van der Waals surface area contributed by atoms with Crippen LogP contribution in [0.2, 0.25) is 0 Å². The summed E-state index contributed by atoms with van der Waals surface area (Å²) in [5.41, 5.74) is 1.39. The second-order valence-electron chi connectivity index (χ2n) is 5.70. The topological polar surface area (TPSA) is 67.4 Å². The van der Waals surface area contributed by atoms with Gasteiger partial charge in [-0.1, -0.05) is 12.1 Å². The molecule has 0 amide bonds. The highest BCUT2D eigenvalue weighted by Crippen LogP contribution is 2.34. The summed E-state index contributed by atoms with van der Waals surface area (Å²) in [4.78, 5) is 0.348. The molecule has 1 aromatic carbocycles. The first-order valence-electron chi connectivity index (χ1n) is 7.21. The Balaban J connectivity index is 2.17. The highest BCUT2D eigenvalue weighted by molar-refractivity contribution is 7.89. The van der Waals surface area contributed by atoms with E-state index in [2.05, 4.69) is 10.0 Å². The molecule has 0 radical (unpaired) electrons. The highest BCUT2D eigenvalue weighted by atomic mass is 32.2. The number of aryl methyl sites for hydroxylation is 1. The molecule has 1 aliphatic carbocycles. The molecular weight excluding hydrogens is 288 g/mol. The molecule has 1 aromatic rings. The van der Waals surface area contributed by atoms with Gasteiger partial charge in [0.2, 0.25) is 10.0 Å². The van der Waals surface area contributed by atoms with E-state index in [-0.39, 0.29) is 5.60 Å². The van der Waals surface area contributed by atoms with Crippen LogP contribution in [-0.2, 0) is 21.3 Å². The van der Waals surface area contributed by atoms with Crippen LogP contribution in [0.5, 0.6) is 0 Å². The molecule has 0 aliphatic heterocycles. The van der Waals surface area contributed by atoms with Crippen molar-refractivity contribution in [3.63, 3.8) is 0 Å². The van der Waals surface area contributed by atoms with Gasteiger partial charge in [-0.25, -0.2) is 13.1 Å². The third-order valence-electron chi connectivity index (χ3n) is 4.21. The molecule has 0 spiro atoms. The number of methoxy groups -OCH3 is 1. The first kappa shape index (κ1) is 16.4. The van der Waals surface area contributed by atoms with Crippen molar-refractivity contribution in [1.29, 1.82) is 0 Å². The molecule has 0 unspecified atom stereocenters. The maximum Gasteiger partial charge on any atom is 0.240 e. The SMILES string of the molecule is CNCc1ccc(C)c(S(=O)(=O)NCC2(OC)CCC2)c1. The fourth-order valence-corrected chi connectivity index (χ4v) is 3.98. The monoisotopic (exact) mass is 312 g/mol. The Morgan fingerprint density at radius 1 is 1.33 bits per heavy atom. The molecule has 1 fully saturated rings. The van der Waals surface area contributed by atoms with E-state index < -0.39 is 10.0 Å². The highest BCUT2D eigenvalue weighted by Gasteiger charge is 2.38. The molecule has 5 nitrogen and oxygen atoms in total. The number of sulfonamides is 1. The Hall–Kier alpha value is -0.950. The Morgan fingerprint density at radius 2 is 2.05 bits per heavy atom. The standard InChI is InChI=1S/C15H24N2O3S/c1-12-5-6-13(10-16-2)9-14(12)21(18,19)17-11-15(20-3)7-4-8-15/h5-6,9,16-17H,4,7-8,10-11H2,1-3H3. The van der Waals surface area contributed by atoms with Crippen molar-refractivity contribution in [1.82, 2.24) is 10.0 Å². The second kappa shape index (κ2) is 6.44. The lowest BCUT2D eigenvalue weighted by atomic mass is 9.80. The second-order valence-corrected chi connectivity index (χ2v) is 7.43. The van der Waals surface area contributed by atoms with E-state index in [0.29, 0.717) is 18.0 Å². The summed E-state index contributed by atoms with van der Waals surface area (Å²) in [5.74, 6) is 0. The van der Waals surface area contributed by atoms with Crippen molar-refractivity contribution in [2.75, 3.05) is 20.7 Å². The van der Waals surface area contributed by atoms with Gasteiger partial charge in [0.15, 0.2) is 0 Å². The van der Waals surface area contributed by atoms with E-state index >= 15 is 0 Å². The van der Waals surface area contributed by atoms with Crippen LogP contribution in [0.1, 0.15) is 30.4 Å². The number of hydrogen-bond donors (Lipinski definition) is 2. The summed E-state index contributed by atoms with van der Waals surface area (Å²) in [6.07, 6.45) is 2.90. The number of rotatable bonds is 7. The molecule has 2 rings (SSSR count). The number of hydrogen-bond acceptors (Lipinski definition) is 4. The first-order chi connectivity index (χ1) is 9.92. The van der Waals surface area contributed by atoms with Crippen molar-refractivity contribution < 1.29 is 13.2 Å². The van der Waals surface area contributed by atoms with Gasteiger partial charge in [-0.2, -0.15) is 0 Å². The van der Waals surface area contributed by atoms with Crippen molar-refractivity contribution >= 4 is 10.0 Å². The number of ether oxygens (including phenoxy) is 1. The minimum Gasteiger partial charge on any atom is -0.377 e. The molecule has 118 valence electrons. The van der Waals surface area contributed by atoms with Crippen molar-refractivity contribution in [2.24, 2.45) is 0 Å². The summed E-state index contributed by atoms with van der Waals surface area (Å²) in [5, 5.41) is 3.03. The van der Waals surface area contributed by atoms with Crippen molar-refractivity contribution in [3.05, 3.63) is 29.3 Å². The quantitative estimate of drug-likeness (QED) is 0.802. The molecule has 0 aromatic heterocycles.